The zero-order valence-electron chi connectivity index (χ0n) is 10.4. The normalized spacial score (nSPS) is 11.4. The van der Waals surface area contributed by atoms with Gasteiger partial charge >= 0.3 is 0 Å². The average molecular weight is 256 g/mol. The Kier molecular flexibility index (Phi) is 4.54. The van der Waals surface area contributed by atoms with Gasteiger partial charge in [0.15, 0.2) is 0 Å². The number of carbonyl (C=O) groups is 1. The van der Waals surface area contributed by atoms with E-state index in [9.17, 15) is 4.79 Å². The highest BCUT2D eigenvalue weighted by Gasteiger charge is 2.20. The van der Waals surface area contributed by atoms with Crippen LogP contribution in [0.3, 0.4) is 0 Å². The summed E-state index contributed by atoms with van der Waals surface area (Å²) in [5.41, 5.74) is 1.04. The van der Waals surface area contributed by atoms with E-state index in [0.29, 0.717) is 17.0 Å². The summed E-state index contributed by atoms with van der Waals surface area (Å²) in [6, 6.07) is 5.16. The Hall–Kier alpha value is -1.06. The van der Waals surface area contributed by atoms with Crippen LogP contribution in [0.25, 0.3) is 0 Å². The van der Waals surface area contributed by atoms with Crippen molar-refractivity contribution in [2.75, 3.05) is 6.61 Å². The number of hydrogen-bond donors (Lipinski definition) is 2. The van der Waals surface area contributed by atoms with Gasteiger partial charge in [-0.15, -0.1) is 0 Å². The van der Waals surface area contributed by atoms with Gasteiger partial charge in [0.05, 0.1) is 0 Å². The molecule has 17 heavy (non-hydrogen) atoms. The van der Waals surface area contributed by atoms with Crippen LogP contribution in [-0.4, -0.2) is 23.2 Å². The van der Waals surface area contributed by atoms with Crippen molar-refractivity contribution >= 4 is 17.5 Å². The first-order valence-electron chi connectivity index (χ1n) is 5.55. The quantitative estimate of drug-likeness (QED) is 0.869. The molecule has 1 aromatic carbocycles. The predicted octanol–water partition coefficient (Wildman–Crippen LogP) is 2.54. The molecule has 3 nitrogen and oxygen atoms in total. The molecule has 0 aromatic heterocycles. The van der Waals surface area contributed by atoms with Gasteiger partial charge in [-0.1, -0.05) is 11.6 Å². The van der Waals surface area contributed by atoms with Gasteiger partial charge < -0.3 is 10.4 Å². The van der Waals surface area contributed by atoms with Crippen molar-refractivity contribution < 1.29 is 9.90 Å². The number of aliphatic hydroxyl groups is 1. The van der Waals surface area contributed by atoms with Crippen LogP contribution in [0.15, 0.2) is 18.2 Å². The van der Waals surface area contributed by atoms with Crippen molar-refractivity contribution in [2.24, 2.45) is 0 Å². The second-order valence-electron chi connectivity index (χ2n) is 4.78. The number of aliphatic hydroxyl groups excluding tert-OH is 1. The second-order valence-corrected chi connectivity index (χ2v) is 5.18. The van der Waals surface area contributed by atoms with Crippen LogP contribution in [-0.2, 0) is 0 Å². The molecule has 0 saturated carbocycles. The standard InChI is InChI=1S/C13H18ClNO2/c1-9-8-10(4-5-11(9)14)12(17)15-13(2,3)6-7-16/h4-5,8,16H,6-7H2,1-3H3,(H,15,17). The maximum absolute atomic E-state index is 12.0. The highest BCUT2D eigenvalue weighted by molar-refractivity contribution is 6.31. The molecule has 0 aliphatic rings. The summed E-state index contributed by atoms with van der Waals surface area (Å²) in [5.74, 6) is -0.150. The molecule has 0 saturated heterocycles. The van der Waals surface area contributed by atoms with E-state index in [1.807, 2.05) is 20.8 Å². The Morgan fingerprint density at radius 1 is 1.47 bits per heavy atom. The zero-order chi connectivity index (χ0) is 13.1. The van der Waals surface area contributed by atoms with Gasteiger partial charge in [-0.05, 0) is 51.0 Å². The second kappa shape index (κ2) is 5.52. The summed E-state index contributed by atoms with van der Waals surface area (Å²) in [4.78, 5) is 12.0. The largest absolute Gasteiger partial charge is 0.396 e. The zero-order valence-corrected chi connectivity index (χ0v) is 11.1. The first-order chi connectivity index (χ1) is 7.85. The van der Waals surface area contributed by atoms with Gasteiger partial charge in [0.1, 0.15) is 0 Å². The molecular formula is C13H18ClNO2. The molecule has 0 aliphatic carbocycles. The van der Waals surface area contributed by atoms with Gasteiger partial charge in [0, 0.05) is 22.7 Å². The summed E-state index contributed by atoms with van der Waals surface area (Å²) in [6.07, 6.45) is 0.519. The van der Waals surface area contributed by atoms with Crippen LogP contribution in [0.5, 0.6) is 0 Å². The lowest BCUT2D eigenvalue weighted by atomic mass is 10.0. The van der Waals surface area contributed by atoms with Crippen LogP contribution in [0.4, 0.5) is 0 Å². The monoisotopic (exact) mass is 255 g/mol. The van der Waals surface area contributed by atoms with Crippen LogP contribution < -0.4 is 5.32 Å². The van der Waals surface area contributed by atoms with E-state index in [4.69, 9.17) is 16.7 Å². The molecule has 2 N–H and O–H groups in total. The Labute approximate surface area is 107 Å². The minimum Gasteiger partial charge on any atom is -0.396 e. The topological polar surface area (TPSA) is 49.3 Å². The fourth-order valence-corrected chi connectivity index (χ4v) is 1.62. The number of nitrogens with one attached hydrogen (secondary N) is 1. The molecule has 94 valence electrons. The van der Waals surface area contributed by atoms with Crippen molar-refractivity contribution in [3.05, 3.63) is 34.3 Å². The third kappa shape index (κ3) is 4.02. The summed E-state index contributed by atoms with van der Waals surface area (Å²) in [7, 11) is 0. The Morgan fingerprint density at radius 2 is 2.12 bits per heavy atom. The molecule has 0 fully saturated rings. The molecule has 0 unspecified atom stereocenters. The van der Waals surface area contributed by atoms with E-state index < -0.39 is 5.54 Å². The van der Waals surface area contributed by atoms with E-state index in [1.165, 1.54) is 0 Å². The van der Waals surface area contributed by atoms with E-state index in [1.54, 1.807) is 18.2 Å². The van der Waals surface area contributed by atoms with Gasteiger partial charge in [0.25, 0.3) is 5.91 Å². The lowest BCUT2D eigenvalue weighted by molar-refractivity contribution is 0.0899. The summed E-state index contributed by atoms with van der Waals surface area (Å²) in [5, 5.41) is 12.4. The highest BCUT2D eigenvalue weighted by Crippen LogP contribution is 2.17. The first kappa shape index (κ1) is 14.0. The number of rotatable bonds is 4. The lowest BCUT2D eigenvalue weighted by Gasteiger charge is -2.25. The number of aryl methyl sites for hydroxylation is 1. The lowest BCUT2D eigenvalue weighted by Crippen LogP contribution is -2.44. The van der Waals surface area contributed by atoms with Crippen LogP contribution in [0, 0.1) is 6.92 Å². The van der Waals surface area contributed by atoms with Gasteiger partial charge in [0.2, 0.25) is 0 Å². The van der Waals surface area contributed by atoms with Crippen molar-refractivity contribution in [1.82, 2.24) is 5.32 Å². The Morgan fingerprint density at radius 3 is 2.65 bits per heavy atom. The van der Waals surface area contributed by atoms with E-state index >= 15 is 0 Å². The minimum atomic E-state index is -0.417. The predicted molar refractivity (Wildman–Crippen MR) is 69.4 cm³/mol. The molecule has 0 radical (unpaired) electrons. The van der Waals surface area contributed by atoms with Crippen molar-refractivity contribution in [1.29, 1.82) is 0 Å². The summed E-state index contributed by atoms with van der Waals surface area (Å²) < 4.78 is 0. The van der Waals surface area contributed by atoms with Crippen molar-refractivity contribution in [3.63, 3.8) is 0 Å². The van der Waals surface area contributed by atoms with E-state index in [2.05, 4.69) is 5.32 Å². The maximum atomic E-state index is 12.0. The Balaban J connectivity index is 2.80. The number of carbonyl (C=O) groups excluding carboxylic acids is 1. The minimum absolute atomic E-state index is 0.0485. The fraction of sp³-hybridized carbons (Fsp3) is 0.462. The molecule has 0 aliphatic heterocycles. The molecule has 1 amide bonds. The van der Waals surface area contributed by atoms with Gasteiger partial charge in [-0.25, -0.2) is 0 Å². The van der Waals surface area contributed by atoms with Gasteiger partial charge in [-0.3, -0.25) is 4.79 Å². The molecule has 1 aromatic rings. The third-order valence-electron chi connectivity index (χ3n) is 2.61. The van der Waals surface area contributed by atoms with Crippen LogP contribution in [0.1, 0.15) is 36.2 Å². The number of halogens is 1. The van der Waals surface area contributed by atoms with Crippen molar-refractivity contribution in [3.8, 4) is 0 Å². The molecule has 0 spiro atoms. The summed E-state index contributed by atoms with van der Waals surface area (Å²) >= 11 is 5.90. The highest BCUT2D eigenvalue weighted by atomic mass is 35.5. The van der Waals surface area contributed by atoms with Crippen LogP contribution in [0.2, 0.25) is 5.02 Å². The maximum Gasteiger partial charge on any atom is 0.251 e. The number of hydrogen-bond acceptors (Lipinski definition) is 2. The van der Waals surface area contributed by atoms with Crippen molar-refractivity contribution in [2.45, 2.75) is 32.7 Å². The van der Waals surface area contributed by atoms with Crippen LogP contribution >= 0.6 is 11.6 Å². The molecule has 0 bridgehead atoms. The number of benzene rings is 1. The third-order valence-corrected chi connectivity index (χ3v) is 3.03. The average Bonchev–Trinajstić information content (AvgIpc) is 2.21. The first-order valence-corrected chi connectivity index (χ1v) is 5.93. The molecule has 0 heterocycles. The molecular weight excluding hydrogens is 238 g/mol. The molecule has 0 atom stereocenters. The Bertz CT molecular complexity index is 416. The molecule has 1 rings (SSSR count). The SMILES string of the molecule is Cc1cc(C(=O)NC(C)(C)CCO)ccc1Cl. The fourth-order valence-electron chi connectivity index (χ4n) is 1.51. The molecule has 4 heteroatoms. The smallest absolute Gasteiger partial charge is 0.251 e. The van der Waals surface area contributed by atoms with Gasteiger partial charge in [-0.2, -0.15) is 0 Å². The summed E-state index contributed by atoms with van der Waals surface area (Å²) in [6.45, 7) is 5.67. The van der Waals surface area contributed by atoms with E-state index in [0.717, 1.165) is 5.56 Å². The number of amides is 1. The van der Waals surface area contributed by atoms with E-state index in [-0.39, 0.29) is 12.5 Å².